The first-order valence-electron chi connectivity index (χ1n) is 6.22. The number of nitrogens with zero attached hydrogens (tertiary/aromatic N) is 2. The Balaban J connectivity index is 2.00. The first kappa shape index (κ1) is 12.6. The molecular weight excluding hydrogens is 222 g/mol. The third-order valence-electron chi connectivity index (χ3n) is 3.84. The summed E-state index contributed by atoms with van der Waals surface area (Å²) < 4.78 is 2.93. The standard InChI is InChI=1S/C11H23N3OS/c1-13-7-9(12-16)11(15)10(8-13)14-5-3-2-4-6-14/h9-12,15-16H,2-8H2,1H3/t9-,10+,11+/m1/s1. The van der Waals surface area contributed by atoms with Gasteiger partial charge in [0.2, 0.25) is 0 Å². The van der Waals surface area contributed by atoms with Crippen LogP contribution in [0.4, 0.5) is 0 Å². The number of aliphatic hydroxyl groups excluding tert-OH is 1. The lowest BCUT2D eigenvalue weighted by atomic mass is 9.95. The van der Waals surface area contributed by atoms with Crippen molar-refractivity contribution in [2.75, 3.05) is 33.2 Å². The number of piperidine rings is 2. The van der Waals surface area contributed by atoms with Gasteiger partial charge < -0.3 is 10.0 Å². The number of likely N-dealkylation sites (tertiary alicyclic amines) is 2. The van der Waals surface area contributed by atoms with Crippen LogP contribution in [0.15, 0.2) is 0 Å². The van der Waals surface area contributed by atoms with Gasteiger partial charge in [-0.3, -0.25) is 9.62 Å². The highest BCUT2D eigenvalue weighted by Gasteiger charge is 2.37. The van der Waals surface area contributed by atoms with Gasteiger partial charge in [-0.2, -0.15) is 0 Å². The van der Waals surface area contributed by atoms with Crippen LogP contribution in [0.5, 0.6) is 0 Å². The molecule has 16 heavy (non-hydrogen) atoms. The number of thiol groups is 1. The maximum atomic E-state index is 10.3. The molecule has 0 aromatic carbocycles. The summed E-state index contributed by atoms with van der Waals surface area (Å²) in [6, 6.07) is 0.345. The zero-order valence-electron chi connectivity index (χ0n) is 9.97. The molecule has 0 aromatic rings. The van der Waals surface area contributed by atoms with Crippen molar-refractivity contribution in [3.05, 3.63) is 0 Å². The van der Waals surface area contributed by atoms with E-state index in [1.807, 2.05) is 0 Å². The molecule has 3 atom stereocenters. The second-order valence-corrected chi connectivity index (χ2v) is 5.37. The normalized spacial score (nSPS) is 38.8. The molecule has 0 bridgehead atoms. The van der Waals surface area contributed by atoms with Gasteiger partial charge in [-0.1, -0.05) is 19.2 Å². The van der Waals surface area contributed by atoms with Gasteiger partial charge in [-0.15, -0.1) is 0 Å². The van der Waals surface area contributed by atoms with Gasteiger partial charge in [0, 0.05) is 19.1 Å². The lowest BCUT2D eigenvalue weighted by Crippen LogP contribution is -2.63. The van der Waals surface area contributed by atoms with Gasteiger partial charge in [0.1, 0.15) is 0 Å². The Hall–Kier alpha value is 0.190. The van der Waals surface area contributed by atoms with Gasteiger partial charge in [0.25, 0.3) is 0 Å². The van der Waals surface area contributed by atoms with Gasteiger partial charge in [0.15, 0.2) is 0 Å². The zero-order valence-corrected chi connectivity index (χ0v) is 10.9. The molecule has 5 heteroatoms. The van der Waals surface area contributed by atoms with E-state index in [0.717, 1.165) is 26.2 Å². The SMILES string of the molecule is CN1C[C@@H](NS)[C@H](O)[C@@H](N2CCCCC2)C1. The molecule has 2 rings (SSSR count). The largest absolute Gasteiger partial charge is 0.390 e. The van der Waals surface area contributed by atoms with Crippen LogP contribution in [0.25, 0.3) is 0 Å². The van der Waals surface area contributed by atoms with Gasteiger partial charge in [-0.05, 0) is 33.0 Å². The Bertz CT molecular complexity index is 221. The van der Waals surface area contributed by atoms with Crippen LogP contribution in [0, 0.1) is 0 Å². The summed E-state index contributed by atoms with van der Waals surface area (Å²) in [6.45, 7) is 4.10. The van der Waals surface area contributed by atoms with Crippen molar-refractivity contribution >= 4 is 12.8 Å². The molecule has 0 saturated carbocycles. The average molecular weight is 245 g/mol. The summed E-state index contributed by atoms with van der Waals surface area (Å²) in [5, 5.41) is 10.3. The molecule has 2 aliphatic heterocycles. The summed E-state index contributed by atoms with van der Waals surface area (Å²) in [6.07, 6.45) is 3.58. The molecule has 0 aromatic heterocycles. The Morgan fingerprint density at radius 2 is 1.88 bits per heavy atom. The second kappa shape index (κ2) is 5.69. The molecule has 94 valence electrons. The minimum absolute atomic E-state index is 0.0778. The maximum absolute atomic E-state index is 10.3. The number of nitrogens with one attached hydrogen (secondary N) is 1. The number of hydrogen-bond donors (Lipinski definition) is 3. The summed E-state index contributed by atoms with van der Waals surface area (Å²) in [4.78, 5) is 4.72. The molecule has 2 saturated heterocycles. The van der Waals surface area contributed by atoms with E-state index in [-0.39, 0.29) is 18.2 Å². The minimum Gasteiger partial charge on any atom is -0.390 e. The summed E-state index contributed by atoms with van der Waals surface area (Å²) in [5.74, 6) is 0. The number of hydrogen-bond acceptors (Lipinski definition) is 5. The van der Waals surface area contributed by atoms with E-state index in [1.54, 1.807) is 0 Å². The van der Waals surface area contributed by atoms with Crippen LogP contribution >= 0.6 is 12.8 Å². The van der Waals surface area contributed by atoms with Crippen molar-refractivity contribution in [3.63, 3.8) is 0 Å². The van der Waals surface area contributed by atoms with Crippen molar-refractivity contribution in [2.24, 2.45) is 0 Å². The van der Waals surface area contributed by atoms with E-state index < -0.39 is 0 Å². The van der Waals surface area contributed by atoms with Crippen LogP contribution in [0.3, 0.4) is 0 Å². The van der Waals surface area contributed by atoms with E-state index in [0.29, 0.717) is 0 Å². The van der Waals surface area contributed by atoms with Crippen LogP contribution in [0.1, 0.15) is 19.3 Å². The lowest BCUT2D eigenvalue weighted by Gasteiger charge is -2.45. The maximum Gasteiger partial charge on any atom is 0.0881 e. The highest BCUT2D eigenvalue weighted by atomic mass is 32.1. The van der Waals surface area contributed by atoms with E-state index >= 15 is 0 Å². The Labute approximate surface area is 104 Å². The van der Waals surface area contributed by atoms with Crippen molar-refractivity contribution in [1.82, 2.24) is 14.5 Å². The Kier molecular flexibility index (Phi) is 4.49. The predicted molar refractivity (Wildman–Crippen MR) is 68.6 cm³/mol. The lowest BCUT2D eigenvalue weighted by molar-refractivity contribution is -0.0268. The first-order valence-corrected chi connectivity index (χ1v) is 6.67. The van der Waals surface area contributed by atoms with Gasteiger partial charge in [0.05, 0.1) is 12.1 Å². The van der Waals surface area contributed by atoms with E-state index in [4.69, 9.17) is 0 Å². The number of rotatable bonds is 2. The highest BCUT2D eigenvalue weighted by molar-refractivity contribution is 7.78. The fourth-order valence-corrected chi connectivity index (χ4v) is 3.15. The van der Waals surface area contributed by atoms with Crippen molar-refractivity contribution < 1.29 is 5.11 Å². The second-order valence-electron chi connectivity index (χ2n) is 5.11. The van der Waals surface area contributed by atoms with Crippen LogP contribution in [-0.2, 0) is 0 Å². The van der Waals surface area contributed by atoms with Crippen LogP contribution in [-0.4, -0.2) is 66.3 Å². The summed E-state index contributed by atoms with van der Waals surface area (Å²) >= 11 is 4.11. The average Bonchev–Trinajstić information content (AvgIpc) is 2.33. The van der Waals surface area contributed by atoms with E-state index in [2.05, 4.69) is 34.4 Å². The van der Waals surface area contributed by atoms with Crippen LogP contribution in [0.2, 0.25) is 0 Å². The predicted octanol–water partition coefficient (Wildman–Crippen LogP) is -0.0498. The highest BCUT2D eigenvalue weighted by Crippen LogP contribution is 2.20. The van der Waals surface area contributed by atoms with Gasteiger partial charge in [-0.25, -0.2) is 0 Å². The smallest absolute Gasteiger partial charge is 0.0881 e. The molecule has 0 radical (unpaired) electrons. The monoisotopic (exact) mass is 245 g/mol. The first-order chi connectivity index (χ1) is 7.72. The fraction of sp³-hybridized carbons (Fsp3) is 1.00. The molecule has 0 unspecified atom stereocenters. The van der Waals surface area contributed by atoms with Crippen molar-refractivity contribution in [1.29, 1.82) is 0 Å². The van der Waals surface area contributed by atoms with Crippen LogP contribution < -0.4 is 4.72 Å². The van der Waals surface area contributed by atoms with Gasteiger partial charge >= 0.3 is 0 Å². The quantitative estimate of drug-likeness (QED) is 0.597. The molecule has 2 heterocycles. The molecular formula is C11H23N3OS. The third-order valence-corrected chi connectivity index (χ3v) is 4.17. The topological polar surface area (TPSA) is 38.7 Å². The molecule has 0 spiro atoms. The van der Waals surface area contributed by atoms with Crippen molar-refractivity contribution in [3.8, 4) is 0 Å². The molecule has 2 aliphatic rings. The molecule has 2 fully saturated rings. The van der Waals surface area contributed by atoms with Crippen molar-refractivity contribution in [2.45, 2.75) is 37.5 Å². The zero-order chi connectivity index (χ0) is 11.5. The fourth-order valence-electron chi connectivity index (χ4n) is 2.91. The molecule has 2 N–H and O–H groups in total. The van der Waals surface area contributed by atoms with E-state index in [9.17, 15) is 5.11 Å². The molecule has 0 amide bonds. The minimum atomic E-state index is -0.299. The third kappa shape index (κ3) is 2.71. The summed E-state index contributed by atoms with van der Waals surface area (Å²) in [7, 11) is 2.11. The molecule has 4 nitrogen and oxygen atoms in total. The van der Waals surface area contributed by atoms with E-state index in [1.165, 1.54) is 19.3 Å². The number of aliphatic hydroxyl groups is 1. The Morgan fingerprint density at radius 3 is 2.50 bits per heavy atom. The molecule has 0 aliphatic carbocycles. The summed E-state index contributed by atoms with van der Waals surface area (Å²) in [5.41, 5.74) is 0. The number of likely N-dealkylation sites (N-methyl/N-ethyl adjacent to an activating group) is 1. The Morgan fingerprint density at radius 1 is 1.19 bits per heavy atom.